The topological polar surface area (TPSA) is 57.6 Å². The van der Waals surface area contributed by atoms with Gasteiger partial charge >= 0.3 is 6.18 Å². The molecule has 0 aliphatic heterocycles. The molecule has 0 fully saturated rings. The lowest BCUT2D eigenvalue weighted by Crippen LogP contribution is -2.23. The first kappa shape index (κ1) is 13.3. The Morgan fingerprint density at radius 3 is 2.52 bits per heavy atom. The van der Waals surface area contributed by atoms with Crippen LogP contribution in [0.1, 0.15) is 5.56 Å². The minimum Gasteiger partial charge on any atom is -0.619 e. The molecule has 0 atom stereocenters. The van der Waals surface area contributed by atoms with Gasteiger partial charge in [0, 0.05) is 30.9 Å². The van der Waals surface area contributed by atoms with Gasteiger partial charge < -0.3 is 9.77 Å². The Kier molecular flexibility index (Phi) is 2.82. The van der Waals surface area contributed by atoms with E-state index in [0.717, 1.165) is 12.3 Å². The first-order chi connectivity index (χ1) is 9.86. The first-order valence-electron chi connectivity index (χ1n) is 5.95. The number of aryl methyl sites for hydroxylation is 1. The minimum absolute atomic E-state index is 0.154. The molecule has 3 heterocycles. The summed E-state index contributed by atoms with van der Waals surface area (Å²) in [7, 11) is 1.66. The molecule has 5 nitrogen and oxygen atoms in total. The smallest absolute Gasteiger partial charge is 0.417 e. The Morgan fingerprint density at radius 1 is 1.24 bits per heavy atom. The third kappa shape index (κ3) is 2.28. The van der Waals surface area contributed by atoms with Gasteiger partial charge in [0.1, 0.15) is 11.3 Å². The van der Waals surface area contributed by atoms with Gasteiger partial charge in [-0.1, -0.05) is 0 Å². The van der Waals surface area contributed by atoms with Crippen LogP contribution < -0.4 is 4.73 Å². The van der Waals surface area contributed by atoms with Crippen LogP contribution in [-0.2, 0) is 13.2 Å². The van der Waals surface area contributed by atoms with Crippen molar-refractivity contribution in [3.8, 4) is 11.4 Å². The fourth-order valence-corrected chi connectivity index (χ4v) is 2.05. The van der Waals surface area contributed by atoms with E-state index in [2.05, 4.69) is 9.97 Å². The van der Waals surface area contributed by atoms with Crippen LogP contribution in [0.2, 0.25) is 0 Å². The second-order valence-electron chi connectivity index (χ2n) is 4.51. The fraction of sp³-hybridized carbons (Fsp3) is 0.154. The van der Waals surface area contributed by atoms with Crippen LogP contribution in [-0.4, -0.2) is 14.5 Å². The van der Waals surface area contributed by atoms with E-state index in [1.54, 1.807) is 23.7 Å². The summed E-state index contributed by atoms with van der Waals surface area (Å²) in [4.78, 5) is 8.00. The number of imidazole rings is 1. The lowest BCUT2D eigenvalue weighted by Gasteiger charge is -2.05. The van der Waals surface area contributed by atoms with Crippen LogP contribution in [0.3, 0.4) is 0 Å². The van der Waals surface area contributed by atoms with Crippen LogP contribution in [0.25, 0.3) is 22.6 Å². The van der Waals surface area contributed by atoms with Gasteiger partial charge in [0.25, 0.3) is 0 Å². The molecule has 108 valence electrons. The van der Waals surface area contributed by atoms with Gasteiger partial charge in [-0.2, -0.15) is 17.9 Å². The second-order valence-corrected chi connectivity index (χ2v) is 4.51. The van der Waals surface area contributed by atoms with E-state index in [1.165, 1.54) is 12.4 Å². The summed E-state index contributed by atoms with van der Waals surface area (Å²) in [5.74, 6) is 0.442. The molecule has 0 radical (unpaired) electrons. The van der Waals surface area contributed by atoms with E-state index in [1.807, 2.05) is 0 Å². The van der Waals surface area contributed by atoms with Gasteiger partial charge in [-0.05, 0) is 6.07 Å². The van der Waals surface area contributed by atoms with Gasteiger partial charge in [-0.3, -0.25) is 0 Å². The number of halogens is 3. The fourth-order valence-electron chi connectivity index (χ4n) is 2.05. The highest BCUT2D eigenvalue weighted by molar-refractivity contribution is 5.77. The Bertz CT molecular complexity index is 809. The molecule has 3 aromatic rings. The molecule has 21 heavy (non-hydrogen) atoms. The van der Waals surface area contributed by atoms with Crippen molar-refractivity contribution < 1.29 is 17.9 Å². The van der Waals surface area contributed by atoms with E-state index >= 15 is 0 Å². The molecule has 0 N–H and O–H groups in total. The van der Waals surface area contributed by atoms with Crippen molar-refractivity contribution in [2.24, 2.45) is 7.05 Å². The molecule has 0 spiro atoms. The standard InChI is InChI=1S/C13H9F3N4O/c1-19-11(8-2-4-20(21)5-3-8)18-10-6-9(13(14,15)16)7-17-12(10)19/h2-7H,1H3. The highest BCUT2D eigenvalue weighted by atomic mass is 19.4. The maximum absolute atomic E-state index is 12.7. The molecule has 8 heteroatoms. The van der Waals surface area contributed by atoms with Crippen LogP contribution >= 0.6 is 0 Å². The molecule has 0 aliphatic rings. The quantitative estimate of drug-likeness (QED) is 0.511. The largest absolute Gasteiger partial charge is 0.619 e. The van der Waals surface area contributed by atoms with Crippen LogP contribution in [0.15, 0.2) is 36.8 Å². The monoisotopic (exact) mass is 294 g/mol. The molecule has 0 unspecified atom stereocenters. The van der Waals surface area contributed by atoms with Crippen molar-refractivity contribution in [1.82, 2.24) is 14.5 Å². The van der Waals surface area contributed by atoms with Crippen molar-refractivity contribution in [1.29, 1.82) is 0 Å². The normalized spacial score (nSPS) is 12.0. The zero-order chi connectivity index (χ0) is 15.2. The molecule has 0 aromatic carbocycles. The van der Waals surface area contributed by atoms with Gasteiger partial charge in [0.05, 0.1) is 5.56 Å². The first-order valence-corrected chi connectivity index (χ1v) is 5.95. The maximum atomic E-state index is 12.7. The SMILES string of the molecule is Cn1c(-c2cc[n+]([O-])cc2)nc2cc(C(F)(F)F)cnc21. The van der Waals surface area contributed by atoms with Gasteiger partial charge in [0.2, 0.25) is 0 Å². The lowest BCUT2D eigenvalue weighted by atomic mass is 10.2. The zero-order valence-corrected chi connectivity index (χ0v) is 10.8. The van der Waals surface area contributed by atoms with E-state index < -0.39 is 11.7 Å². The molecule has 0 aliphatic carbocycles. The van der Waals surface area contributed by atoms with E-state index in [4.69, 9.17) is 0 Å². The second kappa shape index (κ2) is 4.44. The highest BCUT2D eigenvalue weighted by Gasteiger charge is 2.31. The number of aromatic nitrogens is 4. The summed E-state index contributed by atoms with van der Waals surface area (Å²) in [6.07, 6.45) is -1.09. The molecule has 3 rings (SSSR count). The summed E-state index contributed by atoms with van der Waals surface area (Å²) < 4.78 is 40.2. The molecule has 0 amide bonds. The Morgan fingerprint density at radius 2 is 1.90 bits per heavy atom. The number of hydrogen-bond acceptors (Lipinski definition) is 3. The van der Waals surface area contributed by atoms with Gasteiger partial charge in [0.15, 0.2) is 18.0 Å². The number of fused-ring (bicyclic) bond motifs is 1. The summed E-state index contributed by atoms with van der Waals surface area (Å²) in [5.41, 5.74) is 0.277. The maximum Gasteiger partial charge on any atom is 0.417 e. The number of hydrogen-bond donors (Lipinski definition) is 0. The van der Waals surface area contributed by atoms with Crippen molar-refractivity contribution in [2.75, 3.05) is 0 Å². The van der Waals surface area contributed by atoms with Crippen molar-refractivity contribution in [3.63, 3.8) is 0 Å². The lowest BCUT2D eigenvalue weighted by molar-refractivity contribution is -0.605. The van der Waals surface area contributed by atoms with Crippen molar-refractivity contribution >= 4 is 11.2 Å². The predicted molar refractivity (Wildman–Crippen MR) is 67.9 cm³/mol. The summed E-state index contributed by atoms with van der Waals surface area (Å²) in [5, 5.41) is 11.0. The van der Waals surface area contributed by atoms with Crippen LogP contribution in [0.4, 0.5) is 13.2 Å². The molecular formula is C13H9F3N4O. The third-order valence-corrected chi connectivity index (χ3v) is 3.10. The van der Waals surface area contributed by atoms with Crippen molar-refractivity contribution in [3.05, 3.63) is 47.6 Å². The average molecular weight is 294 g/mol. The predicted octanol–water partition coefficient (Wildman–Crippen LogP) is 2.29. The number of nitrogens with zero attached hydrogens (tertiary/aromatic N) is 4. The molecular weight excluding hydrogens is 285 g/mol. The van der Waals surface area contributed by atoms with Crippen molar-refractivity contribution in [2.45, 2.75) is 6.18 Å². The summed E-state index contributed by atoms with van der Waals surface area (Å²) >= 11 is 0. The van der Waals surface area contributed by atoms with Crippen LogP contribution in [0, 0.1) is 5.21 Å². The Labute approximate surface area is 116 Å². The molecule has 0 saturated carbocycles. The number of pyridine rings is 2. The highest BCUT2D eigenvalue weighted by Crippen LogP contribution is 2.31. The zero-order valence-electron chi connectivity index (χ0n) is 10.8. The molecule has 0 saturated heterocycles. The third-order valence-electron chi connectivity index (χ3n) is 3.10. The molecule has 0 bridgehead atoms. The Balaban J connectivity index is 2.17. The number of alkyl halides is 3. The van der Waals surface area contributed by atoms with Gasteiger partial charge in [-0.15, -0.1) is 0 Å². The number of rotatable bonds is 1. The Hall–Kier alpha value is -2.64. The van der Waals surface area contributed by atoms with E-state index in [0.29, 0.717) is 21.8 Å². The average Bonchev–Trinajstić information content (AvgIpc) is 2.76. The summed E-state index contributed by atoms with van der Waals surface area (Å²) in [6, 6.07) is 4.04. The van der Waals surface area contributed by atoms with E-state index in [-0.39, 0.29) is 5.52 Å². The summed E-state index contributed by atoms with van der Waals surface area (Å²) in [6.45, 7) is 0. The van der Waals surface area contributed by atoms with Crippen LogP contribution in [0.5, 0.6) is 0 Å². The minimum atomic E-state index is -4.46. The molecule has 3 aromatic heterocycles. The van der Waals surface area contributed by atoms with E-state index in [9.17, 15) is 18.4 Å². The van der Waals surface area contributed by atoms with Gasteiger partial charge in [-0.25, -0.2) is 9.97 Å².